The zero-order valence-electron chi connectivity index (χ0n) is 40.0. The van der Waals surface area contributed by atoms with Gasteiger partial charge in [0.2, 0.25) is 0 Å². The molecular weight excluding hydrogens is 848 g/mol. The Morgan fingerprint density at radius 1 is 0.484 bits per heavy atom. The van der Waals surface area contributed by atoms with Crippen molar-refractivity contribution in [1.29, 1.82) is 0 Å². The van der Waals surface area contributed by atoms with Gasteiger partial charge in [0.25, 0.3) is 0 Å². The smallest absolute Gasteiger partial charge is 0.190 e. The molecule has 0 radical (unpaired) electrons. The number of hydrogen-bond donors (Lipinski definition) is 3. The van der Waals surface area contributed by atoms with E-state index < -0.39 is 77.8 Å². The molecule has 0 aromatic rings. The number of hydrogen-bond acceptors (Lipinski definition) is 20. The van der Waals surface area contributed by atoms with Crippen LogP contribution >= 0.6 is 0 Å². The molecule has 0 spiro atoms. The Morgan fingerprint density at radius 3 is 1.27 bits per heavy atom. The number of aliphatic hydroxyl groups is 3. The minimum atomic E-state index is -0.874. The van der Waals surface area contributed by atoms with Gasteiger partial charge < -0.3 is 95.9 Å². The molecule has 10 rings (SSSR count). The van der Waals surface area contributed by atoms with E-state index in [-0.39, 0.29) is 79.7 Å². The molecule has 10 aliphatic heterocycles. The zero-order chi connectivity index (χ0) is 47.1. The van der Waals surface area contributed by atoms with E-state index in [2.05, 4.69) is 6.92 Å². The molecule has 370 valence electrons. The highest BCUT2D eigenvalue weighted by Gasteiger charge is 2.59. The van der Waals surface area contributed by atoms with E-state index in [9.17, 15) is 15.0 Å². The van der Waals surface area contributed by atoms with E-state index in [4.69, 9.17) is 80.9 Å². The van der Waals surface area contributed by atoms with Crippen molar-refractivity contribution in [2.45, 2.75) is 237 Å². The summed E-state index contributed by atoms with van der Waals surface area (Å²) in [5.74, 6) is -3.31. The van der Waals surface area contributed by atoms with E-state index in [1.54, 1.807) is 13.8 Å². The Kier molecular flexibility index (Phi) is 14.6. The Balaban J connectivity index is 0.000000129. The molecule has 64 heavy (non-hydrogen) atoms. The SMILES string of the molecule is CC1(C)OCC([C@H]2O[C@@H]3OC(C)(C)O[C@@H]3[C@H]2O)O1.C[C@@H]1[C@H]2OC(C)(C)O[C@H]2O[C@@H]1C(O)CO.C[C@@H]1[C@H]2OC(C)(C)O[C@H]2O[C@@H]1C1COC(C)(C)O1.C[C@@H]1[C@H]2OC(C)(C)O[C@H]2O[C@@H]1C=O. The van der Waals surface area contributed by atoms with Gasteiger partial charge in [-0.3, -0.25) is 0 Å². The van der Waals surface area contributed by atoms with Crippen molar-refractivity contribution >= 4 is 6.29 Å². The Labute approximate surface area is 376 Å². The molecule has 0 aromatic heterocycles. The molecule has 0 aliphatic carbocycles. The first kappa shape index (κ1) is 50.8. The van der Waals surface area contributed by atoms with Crippen LogP contribution in [0.5, 0.6) is 0 Å². The van der Waals surface area contributed by atoms with E-state index in [1.807, 2.05) is 83.1 Å². The van der Waals surface area contributed by atoms with Gasteiger partial charge in [0.05, 0.1) is 32.0 Å². The zero-order valence-corrected chi connectivity index (χ0v) is 40.0. The number of fused-ring (bicyclic) bond motifs is 4. The highest BCUT2D eigenvalue weighted by Crippen LogP contribution is 2.45. The Hall–Kier alpha value is -1.09. The predicted octanol–water partition coefficient (Wildman–Crippen LogP) is 2.58. The third kappa shape index (κ3) is 11.0. The molecule has 20 nitrogen and oxygen atoms in total. The van der Waals surface area contributed by atoms with Gasteiger partial charge in [-0.15, -0.1) is 0 Å². The van der Waals surface area contributed by atoms with E-state index >= 15 is 0 Å². The predicted molar refractivity (Wildman–Crippen MR) is 217 cm³/mol. The van der Waals surface area contributed by atoms with Gasteiger partial charge in [-0.1, -0.05) is 20.8 Å². The second-order valence-electron chi connectivity index (χ2n) is 21.0. The van der Waals surface area contributed by atoms with Gasteiger partial charge >= 0.3 is 0 Å². The van der Waals surface area contributed by atoms with Gasteiger partial charge in [0.1, 0.15) is 67.3 Å². The van der Waals surface area contributed by atoms with Crippen LogP contribution in [0.1, 0.15) is 104 Å². The van der Waals surface area contributed by atoms with Crippen molar-refractivity contribution in [3.63, 3.8) is 0 Å². The van der Waals surface area contributed by atoms with Crippen LogP contribution in [-0.2, 0) is 80.6 Å². The average molecular weight is 923 g/mol. The highest BCUT2D eigenvalue weighted by molar-refractivity contribution is 5.57. The van der Waals surface area contributed by atoms with Gasteiger partial charge in [-0.05, 0) is 83.1 Å². The lowest BCUT2D eigenvalue weighted by Crippen LogP contribution is -2.42. The van der Waals surface area contributed by atoms with Gasteiger partial charge in [0, 0.05) is 17.8 Å². The summed E-state index contributed by atoms with van der Waals surface area (Å²) in [5.41, 5.74) is 0. The maximum Gasteiger partial charge on any atom is 0.190 e. The van der Waals surface area contributed by atoms with Crippen molar-refractivity contribution in [2.75, 3.05) is 19.8 Å². The molecular formula is C44H74O20. The van der Waals surface area contributed by atoms with Crippen LogP contribution in [0.3, 0.4) is 0 Å². The molecule has 0 bridgehead atoms. The van der Waals surface area contributed by atoms with Gasteiger partial charge in [0.15, 0.2) is 59.9 Å². The summed E-state index contributed by atoms with van der Waals surface area (Å²) >= 11 is 0. The quantitative estimate of drug-likeness (QED) is 0.337. The Morgan fingerprint density at radius 2 is 0.875 bits per heavy atom. The van der Waals surface area contributed by atoms with Crippen molar-refractivity contribution in [3.8, 4) is 0 Å². The lowest BCUT2D eigenvalue weighted by Gasteiger charge is -2.27. The molecule has 10 fully saturated rings. The maximum absolute atomic E-state index is 10.6. The third-order valence-electron chi connectivity index (χ3n) is 12.8. The molecule has 0 aromatic carbocycles. The maximum atomic E-state index is 10.6. The summed E-state index contributed by atoms with van der Waals surface area (Å²) in [5, 5.41) is 28.7. The molecule has 20 heteroatoms. The first-order chi connectivity index (χ1) is 29.5. The van der Waals surface area contributed by atoms with Crippen LogP contribution in [0.15, 0.2) is 0 Å². The minimum Gasteiger partial charge on any atom is -0.394 e. The van der Waals surface area contributed by atoms with Crippen LogP contribution in [-0.4, -0.2) is 175 Å². The summed E-state index contributed by atoms with van der Waals surface area (Å²) in [6.07, 6.45) is -4.84. The second-order valence-corrected chi connectivity index (χ2v) is 21.0. The number of carbonyl (C=O) groups excluding carboxylic acids is 1. The van der Waals surface area contributed by atoms with Crippen LogP contribution in [0, 0.1) is 17.8 Å². The lowest BCUT2D eigenvalue weighted by molar-refractivity contribution is -0.232. The van der Waals surface area contributed by atoms with Crippen LogP contribution < -0.4 is 0 Å². The molecule has 0 amide bonds. The largest absolute Gasteiger partial charge is 0.394 e. The van der Waals surface area contributed by atoms with Crippen molar-refractivity contribution < 1.29 is 95.9 Å². The molecule has 3 unspecified atom stereocenters. The number of rotatable bonds is 5. The normalized spacial score (nSPS) is 48.2. The standard InChI is InChI=1S/C13H22O5.C12H20O6.C10H18O5.C9H14O4/c1-7-9(8-6-14-12(2,3)16-8)15-11-10(7)17-13(4,5)18-11;1-11(2)14-5-6(16-11)8-7(13)9-10(15-8)18-12(3,4)17-9;1-5-7(6(12)4-11)13-9-8(5)14-10(2,3)15-9;1-5-6(4-10)11-8-7(5)12-9(2,3)13-8/h7-11H,6H2,1-5H3;6-10,13H,5H2,1-4H3;5-9,11-12H,4H2,1-3H3;4-8H,1-3H3/t7-,8?,9-,10+,11+;6?,7-,8+,9+,10+;5-,6?,7-,8+,9+;5-,6+,7+,8+/m0000/s1. The number of ether oxygens (including phenoxy) is 16. The molecule has 10 aliphatic rings. The summed E-state index contributed by atoms with van der Waals surface area (Å²) < 4.78 is 90.3. The number of carbonyl (C=O) groups is 1. The van der Waals surface area contributed by atoms with Gasteiger partial charge in [-0.2, -0.15) is 0 Å². The minimum absolute atomic E-state index is 0.0129. The molecule has 10 heterocycles. The van der Waals surface area contributed by atoms with Crippen LogP contribution in [0.2, 0.25) is 0 Å². The summed E-state index contributed by atoms with van der Waals surface area (Å²) in [7, 11) is 0. The first-order valence-corrected chi connectivity index (χ1v) is 22.6. The van der Waals surface area contributed by atoms with Crippen LogP contribution in [0.4, 0.5) is 0 Å². The topological polar surface area (TPSA) is 225 Å². The van der Waals surface area contributed by atoms with Crippen molar-refractivity contribution in [2.24, 2.45) is 17.8 Å². The molecule has 10 saturated heterocycles. The molecule has 3 N–H and O–H groups in total. The fraction of sp³-hybridized carbons (Fsp3) is 0.977. The monoisotopic (exact) mass is 922 g/mol. The lowest BCUT2D eigenvalue weighted by atomic mass is 9.97. The van der Waals surface area contributed by atoms with Crippen LogP contribution in [0.25, 0.3) is 0 Å². The number of aliphatic hydroxyl groups excluding tert-OH is 3. The van der Waals surface area contributed by atoms with E-state index in [0.29, 0.717) is 13.2 Å². The number of aldehydes is 1. The molecule has 19 atom stereocenters. The Bertz CT molecular complexity index is 1540. The summed E-state index contributed by atoms with van der Waals surface area (Å²) in [6, 6.07) is 0. The van der Waals surface area contributed by atoms with Crippen molar-refractivity contribution in [3.05, 3.63) is 0 Å². The summed E-state index contributed by atoms with van der Waals surface area (Å²) in [4.78, 5) is 10.6. The van der Waals surface area contributed by atoms with E-state index in [0.717, 1.165) is 6.29 Å². The van der Waals surface area contributed by atoms with E-state index in [1.165, 1.54) is 0 Å². The fourth-order valence-corrected chi connectivity index (χ4v) is 9.76. The second kappa shape index (κ2) is 18.3. The fourth-order valence-electron chi connectivity index (χ4n) is 9.76. The summed E-state index contributed by atoms with van der Waals surface area (Å²) in [6.45, 7) is 28.9. The third-order valence-corrected chi connectivity index (χ3v) is 12.8. The van der Waals surface area contributed by atoms with Crippen molar-refractivity contribution in [1.82, 2.24) is 0 Å². The molecule has 0 saturated carbocycles. The van der Waals surface area contributed by atoms with Gasteiger partial charge in [-0.25, -0.2) is 0 Å². The first-order valence-electron chi connectivity index (χ1n) is 22.6. The average Bonchev–Trinajstić information content (AvgIpc) is 4.08. The highest BCUT2D eigenvalue weighted by atomic mass is 16.9.